The Bertz CT molecular complexity index is 582. The van der Waals surface area contributed by atoms with Crippen molar-refractivity contribution in [2.24, 2.45) is 7.05 Å². The number of anilines is 1. The number of aromatic nitrogens is 2. The summed E-state index contributed by atoms with van der Waals surface area (Å²) in [7, 11) is 1.88. The second-order valence-electron chi connectivity index (χ2n) is 3.73. The first-order chi connectivity index (χ1) is 8.58. The highest BCUT2D eigenvalue weighted by Crippen LogP contribution is 2.26. The summed E-state index contributed by atoms with van der Waals surface area (Å²) in [6.07, 6.45) is 3.53. The predicted molar refractivity (Wildman–Crippen MR) is 76.3 cm³/mol. The van der Waals surface area contributed by atoms with Crippen molar-refractivity contribution in [3.63, 3.8) is 0 Å². The molecule has 0 radical (unpaired) electrons. The number of nitro groups is 1. The fourth-order valence-electron chi connectivity index (χ4n) is 1.55. The van der Waals surface area contributed by atoms with Crippen molar-refractivity contribution in [1.82, 2.24) is 9.55 Å². The average Bonchev–Trinajstić information content (AvgIpc) is 2.73. The molecule has 0 spiro atoms. The van der Waals surface area contributed by atoms with Crippen LogP contribution in [0.25, 0.3) is 0 Å². The van der Waals surface area contributed by atoms with Gasteiger partial charge in [0.2, 0.25) is 0 Å². The van der Waals surface area contributed by atoms with Crippen molar-refractivity contribution in [2.45, 2.75) is 6.54 Å². The molecule has 0 amide bonds. The zero-order valence-corrected chi connectivity index (χ0v) is 11.8. The van der Waals surface area contributed by atoms with Gasteiger partial charge in [-0.2, -0.15) is 0 Å². The van der Waals surface area contributed by atoms with E-state index in [0.29, 0.717) is 12.2 Å². The minimum atomic E-state index is -0.386. The molecule has 6 nitrogen and oxygen atoms in total. The second kappa shape index (κ2) is 5.34. The topological polar surface area (TPSA) is 73.0 Å². The number of benzene rings is 1. The first-order valence-corrected chi connectivity index (χ1v) is 6.30. The Morgan fingerprint density at radius 1 is 1.56 bits per heavy atom. The molecule has 1 N–H and O–H groups in total. The van der Waals surface area contributed by atoms with Crippen LogP contribution in [0.1, 0.15) is 5.82 Å². The summed E-state index contributed by atoms with van der Waals surface area (Å²) in [6.45, 7) is 0.449. The summed E-state index contributed by atoms with van der Waals surface area (Å²) in [5.74, 6) is 0.822. The quantitative estimate of drug-likeness (QED) is 0.518. The lowest BCUT2D eigenvalue weighted by molar-refractivity contribution is -0.384. The van der Waals surface area contributed by atoms with Crippen LogP contribution in [0.2, 0.25) is 0 Å². The van der Waals surface area contributed by atoms with E-state index in [-0.39, 0.29) is 10.6 Å². The third-order valence-corrected chi connectivity index (χ3v) is 3.19. The van der Waals surface area contributed by atoms with E-state index in [1.807, 2.05) is 23.9 Å². The number of imidazole rings is 1. The number of nitro benzene ring substituents is 1. The SMILES string of the molecule is Cn1ccnc1CNc1ccc(I)cc1[N+](=O)[O-]. The lowest BCUT2D eigenvalue weighted by atomic mass is 10.2. The van der Waals surface area contributed by atoms with Crippen LogP contribution in [-0.4, -0.2) is 14.5 Å². The maximum Gasteiger partial charge on any atom is 0.293 e. The van der Waals surface area contributed by atoms with Crippen LogP contribution in [0, 0.1) is 13.7 Å². The molecule has 0 aliphatic rings. The molecular weight excluding hydrogens is 347 g/mol. The summed E-state index contributed by atoms with van der Waals surface area (Å²) < 4.78 is 2.70. The van der Waals surface area contributed by atoms with Crippen LogP contribution < -0.4 is 5.32 Å². The fourth-order valence-corrected chi connectivity index (χ4v) is 2.02. The van der Waals surface area contributed by atoms with Crippen LogP contribution in [0.3, 0.4) is 0 Å². The maximum absolute atomic E-state index is 10.9. The molecule has 0 aliphatic carbocycles. The predicted octanol–water partition coefficient (Wildman–Crippen LogP) is 2.55. The molecule has 0 aliphatic heterocycles. The van der Waals surface area contributed by atoms with Gasteiger partial charge in [0.1, 0.15) is 11.5 Å². The van der Waals surface area contributed by atoms with Crippen molar-refractivity contribution in [1.29, 1.82) is 0 Å². The van der Waals surface area contributed by atoms with Crippen molar-refractivity contribution in [3.8, 4) is 0 Å². The van der Waals surface area contributed by atoms with E-state index in [1.54, 1.807) is 18.3 Å². The Labute approximate surface area is 117 Å². The Morgan fingerprint density at radius 3 is 2.94 bits per heavy atom. The highest BCUT2D eigenvalue weighted by atomic mass is 127. The summed E-state index contributed by atoms with van der Waals surface area (Å²) in [4.78, 5) is 14.7. The molecule has 0 unspecified atom stereocenters. The van der Waals surface area contributed by atoms with E-state index in [1.165, 1.54) is 0 Å². The Hall–Kier alpha value is -1.64. The van der Waals surface area contributed by atoms with Gasteiger partial charge in [-0.05, 0) is 34.7 Å². The number of halogens is 1. The van der Waals surface area contributed by atoms with Crippen LogP contribution >= 0.6 is 22.6 Å². The minimum Gasteiger partial charge on any atom is -0.372 e. The summed E-state index contributed by atoms with van der Waals surface area (Å²) in [6, 6.07) is 5.08. The van der Waals surface area contributed by atoms with Gasteiger partial charge >= 0.3 is 0 Å². The van der Waals surface area contributed by atoms with E-state index in [9.17, 15) is 10.1 Å². The van der Waals surface area contributed by atoms with Gasteiger partial charge in [-0.3, -0.25) is 10.1 Å². The number of rotatable bonds is 4. The molecule has 1 aromatic carbocycles. The molecule has 2 aromatic rings. The van der Waals surface area contributed by atoms with Crippen molar-refractivity contribution < 1.29 is 4.92 Å². The van der Waals surface area contributed by atoms with Crippen molar-refractivity contribution in [2.75, 3.05) is 5.32 Å². The molecule has 1 heterocycles. The molecule has 0 saturated carbocycles. The number of hydrogen-bond donors (Lipinski definition) is 1. The van der Waals surface area contributed by atoms with Crippen molar-refractivity contribution >= 4 is 34.0 Å². The van der Waals surface area contributed by atoms with Crippen LogP contribution in [0.4, 0.5) is 11.4 Å². The summed E-state index contributed by atoms with van der Waals surface area (Å²) >= 11 is 2.05. The van der Waals surface area contributed by atoms with Gasteiger partial charge in [0, 0.05) is 29.1 Å². The first-order valence-electron chi connectivity index (χ1n) is 5.22. The molecule has 94 valence electrons. The number of aryl methyl sites for hydroxylation is 1. The summed E-state index contributed by atoms with van der Waals surface area (Å²) in [5.41, 5.74) is 0.583. The van der Waals surface area contributed by atoms with Crippen LogP contribution in [0.15, 0.2) is 30.6 Å². The molecule has 2 rings (SSSR count). The van der Waals surface area contributed by atoms with Gasteiger partial charge in [-0.15, -0.1) is 0 Å². The van der Waals surface area contributed by atoms with Crippen LogP contribution in [-0.2, 0) is 13.6 Å². The molecular formula is C11H11IN4O2. The molecule has 0 fully saturated rings. The Kier molecular flexibility index (Phi) is 3.80. The van der Waals surface area contributed by atoms with E-state index in [0.717, 1.165) is 9.39 Å². The second-order valence-corrected chi connectivity index (χ2v) is 4.97. The normalized spacial score (nSPS) is 10.3. The molecule has 0 atom stereocenters. The largest absolute Gasteiger partial charge is 0.372 e. The molecule has 7 heteroatoms. The number of nitrogens with zero attached hydrogens (tertiary/aromatic N) is 3. The van der Waals surface area contributed by atoms with Gasteiger partial charge in [0.15, 0.2) is 0 Å². The third kappa shape index (κ3) is 2.78. The van der Waals surface area contributed by atoms with Crippen molar-refractivity contribution in [3.05, 3.63) is 50.1 Å². The third-order valence-electron chi connectivity index (χ3n) is 2.51. The van der Waals surface area contributed by atoms with Gasteiger partial charge in [0.25, 0.3) is 5.69 Å². The van der Waals surface area contributed by atoms with E-state index in [2.05, 4.69) is 32.9 Å². The highest BCUT2D eigenvalue weighted by molar-refractivity contribution is 14.1. The molecule has 0 bridgehead atoms. The van der Waals surface area contributed by atoms with E-state index >= 15 is 0 Å². The number of hydrogen-bond acceptors (Lipinski definition) is 4. The zero-order chi connectivity index (χ0) is 13.1. The van der Waals surface area contributed by atoms with Gasteiger partial charge in [-0.1, -0.05) is 0 Å². The molecule has 1 aromatic heterocycles. The standard InChI is InChI=1S/C11H11IN4O2/c1-15-5-4-13-11(15)7-14-9-3-2-8(12)6-10(9)16(17)18/h2-6,14H,7H2,1H3. The monoisotopic (exact) mass is 358 g/mol. The smallest absolute Gasteiger partial charge is 0.293 e. The zero-order valence-electron chi connectivity index (χ0n) is 9.63. The fraction of sp³-hybridized carbons (Fsp3) is 0.182. The minimum absolute atomic E-state index is 0.0797. The maximum atomic E-state index is 10.9. The van der Waals surface area contributed by atoms with Gasteiger partial charge in [0.05, 0.1) is 11.5 Å². The Balaban J connectivity index is 2.19. The first kappa shape index (κ1) is 12.8. The van der Waals surface area contributed by atoms with Gasteiger partial charge in [-0.25, -0.2) is 4.98 Å². The number of nitrogens with one attached hydrogen (secondary N) is 1. The molecule has 18 heavy (non-hydrogen) atoms. The lowest BCUT2D eigenvalue weighted by Crippen LogP contribution is -2.07. The van der Waals surface area contributed by atoms with Crippen LogP contribution in [0.5, 0.6) is 0 Å². The average molecular weight is 358 g/mol. The Morgan fingerprint density at radius 2 is 2.33 bits per heavy atom. The lowest BCUT2D eigenvalue weighted by Gasteiger charge is -2.07. The summed E-state index contributed by atoms with van der Waals surface area (Å²) in [5, 5.41) is 14.0. The molecule has 0 saturated heterocycles. The van der Waals surface area contributed by atoms with Gasteiger partial charge < -0.3 is 9.88 Å². The highest BCUT2D eigenvalue weighted by Gasteiger charge is 2.14. The van der Waals surface area contributed by atoms with E-state index < -0.39 is 0 Å². The van der Waals surface area contributed by atoms with E-state index in [4.69, 9.17) is 0 Å².